The molecule has 1 heteroatoms. The fourth-order valence-corrected chi connectivity index (χ4v) is 0.279. The van der Waals surface area contributed by atoms with Gasteiger partial charge < -0.3 is 4.90 Å². The van der Waals surface area contributed by atoms with Crippen molar-refractivity contribution in [2.75, 3.05) is 20.6 Å². The van der Waals surface area contributed by atoms with Gasteiger partial charge in [-0.2, -0.15) is 0 Å². The van der Waals surface area contributed by atoms with Crippen molar-refractivity contribution in [1.82, 2.24) is 4.90 Å². The van der Waals surface area contributed by atoms with Crippen molar-refractivity contribution in [2.24, 2.45) is 0 Å². The second-order valence-corrected chi connectivity index (χ2v) is 1.61. The van der Waals surface area contributed by atoms with Crippen molar-refractivity contribution < 1.29 is 11.0 Å². The van der Waals surface area contributed by atoms with Gasteiger partial charge in [0.15, 0.2) is 0 Å². The van der Waals surface area contributed by atoms with Crippen molar-refractivity contribution in [1.29, 1.82) is 0 Å². The Labute approximate surface area is 63.9 Å². The van der Waals surface area contributed by atoms with Crippen molar-refractivity contribution in [2.45, 2.75) is 26.0 Å². The van der Waals surface area contributed by atoms with Gasteiger partial charge in [-0.05, 0) is 27.0 Å². The summed E-state index contributed by atoms with van der Waals surface area (Å²) >= 11 is 0. The van der Waals surface area contributed by atoms with Gasteiger partial charge in [0.2, 0.25) is 0 Å². The van der Waals surface area contributed by atoms with E-state index >= 15 is 0 Å². The number of hydrogen-bond acceptors (Lipinski definition) is 1. The Morgan fingerprint density at radius 3 is 2.88 bits per heavy atom. The molecule has 0 rings (SSSR count). The summed E-state index contributed by atoms with van der Waals surface area (Å²) < 4.78 is 58.1. The van der Waals surface area contributed by atoms with Gasteiger partial charge in [0.25, 0.3) is 0 Å². The molecule has 0 amide bonds. The van der Waals surface area contributed by atoms with Crippen molar-refractivity contribution in [3.63, 3.8) is 0 Å². The summed E-state index contributed by atoms with van der Waals surface area (Å²) in [6.07, 6.45) is -4.85. The Balaban J connectivity index is 4.78. The summed E-state index contributed by atoms with van der Waals surface area (Å²) in [5.74, 6) is 0. The highest BCUT2D eigenvalue weighted by atomic mass is 15.0. The van der Waals surface area contributed by atoms with Crippen LogP contribution < -0.4 is 0 Å². The van der Waals surface area contributed by atoms with Crippen LogP contribution in [0.25, 0.3) is 0 Å². The van der Waals surface area contributed by atoms with E-state index in [0.717, 1.165) is 0 Å². The molecule has 0 spiro atoms. The first-order valence-corrected chi connectivity index (χ1v) is 2.42. The minimum absolute atomic E-state index is 0.495. The minimum Gasteiger partial charge on any atom is -0.309 e. The molecule has 1 unspecified atom stereocenters. The van der Waals surface area contributed by atoms with Crippen molar-refractivity contribution in [3.8, 4) is 0 Å². The summed E-state index contributed by atoms with van der Waals surface area (Å²) in [6.45, 7) is -4.81. The predicted octanol–water partition coefficient (Wildman–Crippen LogP) is 1.74. The maximum Gasteiger partial charge on any atom is 0.0430 e. The van der Waals surface area contributed by atoms with Crippen LogP contribution in [0.15, 0.2) is 0 Å². The maximum absolute atomic E-state index is 7.52. The summed E-state index contributed by atoms with van der Waals surface area (Å²) in [5.41, 5.74) is 0. The van der Waals surface area contributed by atoms with Crippen LogP contribution in [0.3, 0.4) is 0 Å². The lowest BCUT2D eigenvalue weighted by Gasteiger charge is -2.06. The molecular formula is C7H17N. The van der Waals surface area contributed by atoms with Crippen LogP contribution in [0.5, 0.6) is 0 Å². The third-order valence-electron chi connectivity index (χ3n) is 0.612. The van der Waals surface area contributed by atoms with Crippen LogP contribution in [-0.4, -0.2) is 25.5 Å². The molecule has 0 saturated heterocycles. The highest BCUT2D eigenvalue weighted by Gasteiger charge is 1.86. The number of rotatable bonds is 4. The zero-order valence-corrected chi connectivity index (χ0v) is 5.23. The van der Waals surface area contributed by atoms with Crippen LogP contribution in [-0.2, 0) is 0 Å². The molecule has 0 aromatic heterocycles. The maximum atomic E-state index is 7.52. The molecule has 0 aliphatic heterocycles. The molecule has 0 N–H and O–H groups in total. The van der Waals surface area contributed by atoms with E-state index in [1.807, 2.05) is 0 Å². The van der Waals surface area contributed by atoms with Crippen LogP contribution >= 0.6 is 0 Å². The topological polar surface area (TPSA) is 3.24 Å². The fraction of sp³-hybridized carbons (Fsp3) is 1.00. The van der Waals surface area contributed by atoms with Gasteiger partial charge in [0, 0.05) is 11.0 Å². The van der Waals surface area contributed by atoms with E-state index in [2.05, 4.69) is 0 Å². The van der Waals surface area contributed by atoms with Crippen molar-refractivity contribution >= 4 is 0 Å². The molecule has 0 fully saturated rings. The Bertz CT molecular complexity index is 233. The molecule has 1 nitrogen and oxygen atoms in total. The van der Waals surface area contributed by atoms with Gasteiger partial charge in [0.1, 0.15) is 0 Å². The lowest BCUT2D eigenvalue weighted by Crippen LogP contribution is -2.12. The molecule has 0 saturated carbocycles. The lowest BCUT2D eigenvalue weighted by molar-refractivity contribution is 0.393. The standard InChI is InChI=1S/C7H17N/c1-4-5-6-7-8(2)3/h4-7H2,1-3H3/i1D3,4D2,5D,7D2. The monoisotopic (exact) mass is 123 g/mol. The molecule has 1 atom stereocenters. The van der Waals surface area contributed by atoms with E-state index in [-0.39, 0.29) is 0 Å². The third kappa shape index (κ3) is 5.96. The highest BCUT2D eigenvalue weighted by Crippen LogP contribution is 1.93. The van der Waals surface area contributed by atoms with Crippen LogP contribution in [0.2, 0.25) is 0 Å². The van der Waals surface area contributed by atoms with Crippen molar-refractivity contribution in [3.05, 3.63) is 0 Å². The summed E-state index contributed by atoms with van der Waals surface area (Å²) in [7, 11) is 2.91. The van der Waals surface area contributed by atoms with Gasteiger partial charge in [-0.1, -0.05) is 19.6 Å². The Kier molecular flexibility index (Phi) is 1.10. The minimum atomic E-state index is -2.91. The number of nitrogens with zero attached hydrogens (tertiary/aromatic N) is 1. The first-order valence-electron chi connectivity index (χ1n) is 6.50. The second-order valence-electron chi connectivity index (χ2n) is 1.61. The van der Waals surface area contributed by atoms with Crippen LogP contribution in [0, 0.1) is 0 Å². The molecule has 0 radical (unpaired) electrons. The first kappa shape index (κ1) is 1.72. The molecule has 50 valence electrons. The molecule has 0 aliphatic rings. The zero-order chi connectivity index (χ0) is 13.4. The Morgan fingerprint density at radius 1 is 1.62 bits per heavy atom. The molecule has 0 aromatic carbocycles. The van der Waals surface area contributed by atoms with E-state index in [0.29, 0.717) is 0 Å². The normalized spacial score (nSPS) is 34.4. The fourth-order valence-electron chi connectivity index (χ4n) is 0.279. The van der Waals surface area contributed by atoms with E-state index in [9.17, 15) is 0 Å². The van der Waals surface area contributed by atoms with Crippen LogP contribution in [0.1, 0.15) is 37.0 Å². The quantitative estimate of drug-likeness (QED) is 0.550. The Morgan fingerprint density at radius 2 is 2.38 bits per heavy atom. The molecule has 0 heterocycles. The molecular weight excluding hydrogens is 98.1 g/mol. The van der Waals surface area contributed by atoms with Crippen LogP contribution in [0.4, 0.5) is 0 Å². The van der Waals surface area contributed by atoms with Gasteiger partial charge in [-0.3, -0.25) is 0 Å². The van der Waals surface area contributed by atoms with Gasteiger partial charge in [0.05, 0.1) is 0 Å². The third-order valence-corrected chi connectivity index (χ3v) is 0.612. The molecule has 0 aliphatic carbocycles. The van der Waals surface area contributed by atoms with E-state index in [4.69, 9.17) is 11.0 Å². The molecule has 8 heavy (non-hydrogen) atoms. The molecule has 0 aromatic rings. The van der Waals surface area contributed by atoms with E-state index in [1.54, 1.807) is 0 Å². The predicted molar refractivity (Wildman–Crippen MR) is 38.1 cm³/mol. The summed E-state index contributed by atoms with van der Waals surface area (Å²) in [5, 5.41) is 0. The zero-order valence-electron chi connectivity index (χ0n) is 13.2. The largest absolute Gasteiger partial charge is 0.309 e. The Hall–Kier alpha value is -0.0400. The van der Waals surface area contributed by atoms with E-state index < -0.39 is 32.5 Å². The highest BCUT2D eigenvalue weighted by molar-refractivity contribution is 4.42. The smallest absolute Gasteiger partial charge is 0.0430 e. The van der Waals surface area contributed by atoms with Gasteiger partial charge in [-0.15, -0.1) is 0 Å². The summed E-state index contributed by atoms with van der Waals surface area (Å²) in [4.78, 5) is 1.20. The number of hydrogen-bond donors (Lipinski definition) is 0. The SMILES string of the molecule is [2H]C(CC([2H])([2H])N(C)C)C([2H])([2H])C([2H])([2H])[2H]. The lowest BCUT2D eigenvalue weighted by atomic mass is 10.2. The average molecular weight is 123 g/mol. The first-order chi connectivity index (χ1) is 6.82. The van der Waals surface area contributed by atoms with Gasteiger partial charge in [-0.25, -0.2) is 0 Å². The second kappa shape index (κ2) is 5.10. The molecule has 0 bridgehead atoms. The average Bonchev–Trinajstić information content (AvgIpc) is 2.00. The van der Waals surface area contributed by atoms with E-state index in [1.165, 1.54) is 19.0 Å². The summed E-state index contributed by atoms with van der Waals surface area (Å²) in [6, 6.07) is 0. The van der Waals surface area contributed by atoms with Gasteiger partial charge >= 0.3 is 0 Å².